The Morgan fingerprint density at radius 2 is 1.96 bits per heavy atom. The summed E-state index contributed by atoms with van der Waals surface area (Å²) in [6.45, 7) is 6.26. The van der Waals surface area contributed by atoms with Crippen molar-refractivity contribution in [1.29, 1.82) is 0 Å². The Hall–Kier alpha value is -2.24. The van der Waals surface area contributed by atoms with E-state index in [2.05, 4.69) is 31.0 Å². The van der Waals surface area contributed by atoms with Crippen molar-refractivity contribution < 1.29 is 4.42 Å². The molecule has 1 heterocycles. The molecule has 2 aromatic carbocycles. The molecule has 0 unspecified atom stereocenters. The van der Waals surface area contributed by atoms with Gasteiger partial charge in [0.25, 0.3) is 0 Å². The smallest absolute Gasteiger partial charge is 0.336 e. The molecular weight excluding hydrogens is 392 g/mol. The van der Waals surface area contributed by atoms with E-state index in [4.69, 9.17) is 21.8 Å². The zero-order chi connectivity index (χ0) is 20.3. The fourth-order valence-corrected chi connectivity index (χ4v) is 3.77. The number of aliphatic imine (C=N–C) groups is 1. The van der Waals surface area contributed by atoms with E-state index in [9.17, 15) is 4.79 Å². The van der Waals surface area contributed by atoms with Gasteiger partial charge in [0, 0.05) is 22.2 Å². The van der Waals surface area contributed by atoms with Gasteiger partial charge in [0.05, 0.1) is 5.69 Å². The quantitative estimate of drug-likeness (QED) is 0.309. The van der Waals surface area contributed by atoms with E-state index in [1.807, 2.05) is 25.1 Å². The van der Waals surface area contributed by atoms with Crippen LogP contribution in [-0.4, -0.2) is 5.17 Å². The van der Waals surface area contributed by atoms with E-state index in [0.29, 0.717) is 27.4 Å². The highest BCUT2D eigenvalue weighted by Gasteiger charge is 2.10. The van der Waals surface area contributed by atoms with E-state index in [0.717, 1.165) is 28.6 Å². The maximum Gasteiger partial charge on any atom is 0.336 e. The van der Waals surface area contributed by atoms with E-state index < -0.39 is 0 Å². The number of aryl methyl sites for hydroxylation is 1. The highest BCUT2D eigenvalue weighted by atomic mass is 35.5. The molecule has 0 saturated carbocycles. The molecular formula is C22H23ClN2O2S. The molecule has 0 aliphatic heterocycles. The molecule has 3 rings (SSSR count). The number of benzene rings is 2. The van der Waals surface area contributed by atoms with Gasteiger partial charge in [-0.1, -0.05) is 49.3 Å². The minimum atomic E-state index is -0.388. The van der Waals surface area contributed by atoms with Gasteiger partial charge in [-0.05, 0) is 60.2 Å². The number of nitrogens with zero attached hydrogens (tertiary/aromatic N) is 1. The Morgan fingerprint density at radius 1 is 1.25 bits per heavy atom. The topological polar surface area (TPSA) is 68.6 Å². The van der Waals surface area contributed by atoms with Gasteiger partial charge in [0.1, 0.15) is 5.58 Å². The third kappa shape index (κ3) is 4.78. The first kappa shape index (κ1) is 20.5. The van der Waals surface area contributed by atoms with E-state index in [-0.39, 0.29) is 5.63 Å². The average Bonchev–Trinajstić information content (AvgIpc) is 2.67. The largest absolute Gasteiger partial charge is 0.423 e. The second kappa shape index (κ2) is 8.84. The van der Waals surface area contributed by atoms with Crippen molar-refractivity contribution >= 4 is 45.2 Å². The minimum absolute atomic E-state index is 0.388. The summed E-state index contributed by atoms with van der Waals surface area (Å²) in [5.41, 5.74) is 10.0. The first-order chi connectivity index (χ1) is 13.4. The van der Waals surface area contributed by atoms with Crippen LogP contribution in [0.4, 0.5) is 5.69 Å². The Bertz CT molecular complexity index is 1070. The summed E-state index contributed by atoms with van der Waals surface area (Å²) in [7, 11) is 0. The van der Waals surface area contributed by atoms with Crippen LogP contribution in [0.15, 0.2) is 56.7 Å². The summed E-state index contributed by atoms with van der Waals surface area (Å²) in [6.07, 6.45) is 1.10. The molecule has 28 heavy (non-hydrogen) atoms. The Labute approximate surface area is 173 Å². The summed E-state index contributed by atoms with van der Waals surface area (Å²) < 4.78 is 5.30. The van der Waals surface area contributed by atoms with Gasteiger partial charge in [-0.25, -0.2) is 9.79 Å². The van der Waals surface area contributed by atoms with Gasteiger partial charge >= 0.3 is 5.63 Å². The molecule has 0 aliphatic carbocycles. The monoisotopic (exact) mass is 414 g/mol. The van der Waals surface area contributed by atoms with Crippen molar-refractivity contribution in [2.75, 3.05) is 0 Å². The van der Waals surface area contributed by atoms with Crippen LogP contribution >= 0.6 is 23.4 Å². The van der Waals surface area contributed by atoms with Gasteiger partial charge in [-0.2, -0.15) is 0 Å². The minimum Gasteiger partial charge on any atom is -0.423 e. The van der Waals surface area contributed by atoms with Gasteiger partial charge in [0.2, 0.25) is 0 Å². The number of halogens is 1. The Morgan fingerprint density at radius 3 is 2.64 bits per heavy atom. The molecule has 0 amide bonds. The summed E-state index contributed by atoms with van der Waals surface area (Å²) in [4.78, 5) is 16.3. The van der Waals surface area contributed by atoms with Gasteiger partial charge in [0.15, 0.2) is 5.17 Å². The SMILES string of the molecule is CC[C@@H](C)c1ccc(N=C(N)SCc2cc(=O)oc3cc(C)c(Cl)cc23)cc1. The van der Waals surface area contributed by atoms with Crippen LogP contribution < -0.4 is 11.4 Å². The number of amidine groups is 1. The molecule has 4 nitrogen and oxygen atoms in total. The maximum atomic E-state index is 11.9. The molecule has 0 saturated heterocycles. The van der Waals surface area contributed by atoms with Crippen LogP contribution in [0.25, 0.3) is 11.0 Å². The molecule has 0 radical (unpaired) electrons. The standard InChI is InChI=1S/C22H23ClN2O2S/c1-4-13(2)15-5-7-17(8-6-15)25-22(24)28-12-16-10-21(26)27-20-9-14(3)19(23)11-18(16)20/h5-11,13H,4,12H2,1-3H3,(H2,24,25)/t13-/m1/s1. The molecule has 6 heteroatoms. The summed E-state index contributed by atoms with van der Waals surface area (Å²) >= 11 is 7.62. The van der Waals surface area contributed by atoms with E-state index in [1.54, 1.807) is 6.07 Å². The third-order valence-corrected chi connectivity index (χ3v) is 6.05. The fourth-order valence-electron chi connectivity index (χ4n) is 2.89. The van der Waals surface area contributed by atoms with Crippen molar-refractivity contribution in [1.82, 2.24) is 0 Å². The number of nitrogens with two attached hydrogens (primary N) is 1. The molecule has 1 atom stereocenters. The predicted octanol–water partition coefficient (Wildman–Crippen LogP) is 6.15. The lowest BCUT2D eigenvalue weighted by atomic mass is 9.99. The number of rotatable bonds is 5. The molecule has 1 aromatic heterocycles. The first-order valence-electron chi connectivity index (χ1n) is 9.17. The highest BCUT2D eigenvalue weighted by Crippen LogP contribution is 2.28. The van der Waals surface area contributed by atoms with Crippen molar-refractivity contribution in [3.8, 4) is 0 Å². The van der Waals surface area contributed by atoms with Crippen LogP contribution in [0.5, 0.6) is 0 Å². The van der Waals surface area contributed by atoms with Crippen LogP contribution in [0.1, 0.15) is 42.9 Å². The van der Waals surface area contributed by atoms with Gasteiger partial charge in [-0.3, -0.25) is 0 Å². The van der Waals surface area contributed by atoms with Crippen molar-refractivity contribution in [3.63, 3.8) is 0 Å². The molecule has 0 spiro atoms. The second-order valence-corrected chi connectivity index (χ2v) is 8.23. The van der Waals surface area contributed by atoms with E-state index in [1.165, 1.54) is 23.4 Å². The number of hydrogen-bond donors (Lipinski definition) is 1. The lowest BCUT2D eigenvalue weighted by Gasteiger charge is -2.09. The number of fused-ring (bicyclic) bond motifs is 1. The zero-order valence-corrected chi connectivity index (χ0v) is 17.7. The van der Waals surface area contributed by atoms with Gasteiger partial charge < -0.3 is 10.2 Å². The second-order valence-electron chi connectivity index (χ2n) is 6.83. The predicted molar refractivity (Wildman–Crippen MR) is 120 cm³/mol. The van der Waals surface area contributed by atoms with Crippen LogP contribution in [-0.2, 0) is 5.75 Å². The maximum absolute atomic E-state index is 11.9. The molecule has 0 bridgehead atoms. The van der Waals surface area contributed by atoms with E-state index >= 15 is 0 Å². The molecule has 0 fully saturated rings. The summed E-state index contributed by atoms with van der Waals surface area (Å²) in [6, 6.07) is 13.2. The summed E-state index contributed by atoms with van der Waals surface area (Å²) in [5.74, 6) is 1.03. The fraction of sp³-hybridized carbons (Fsp3) is 0.273. The van der Waals surface area contributed by atoms with Crippen LogP contribution in [0, 0.1) is 6.92 Å². The highest BCUT2D eigenvalue weighted by molar-refractivity contribution is 8.13. The molecule has 3 aromatic rings. The Balaban J connectivity index is 1.79. The van der Waals surface area contributed by atoms with Crippen LogP contribution in [0.3, 0.4) is 0 Å². The van der Waals surface area contributed by atoms with Crippen molar-refractivity contribution in [3.05, 3.63) is 74.6 Å². The van der Waals surface area contributed by atoms with Gasteiger partial charge in [-0.15, -0.1) is 0 Å². The number of hydrogen-bond acceptors (Lipinski definition) is 4. The summed E-state index contributed by atoms with van der Waals surface area (Å²) in [5, 5.41) is 1.89. The molecule has 2 N–H and O–H groups in total. The average molecular weight is 415 g/mol. The van der Waals surface area contributed by atoms with Crippen LogP contribution in [0.2, 0.25) is 5.02 Å². The molecule has 0 aliphatic rings. The molecule has 146 valence electrons. The van der Waals surface area contributed by atoms with Crippen molar-refractivity contribution in [2.24, 2.45) is 10.7 Å². The Kier molecular flexibility index (Phi) is 6.47. The first-order valence-corrected chi connectivity index (χ1v) is 10.5. The lowest BCUT2D eigenvalue weighted by molar-refractivity contribution is 0.559. The normalized spacial score (nSPS) is 13.1. The third-order valence-electron chi connectivity index (χ3n) is 4.80. The van der Waals surface area contributed by atoms with Crippen molar-refractivity contribution in [2.45, 2.75) is 38.9 Å². The number of thioether (sulfide) groups is 1. The zero-order valence-electron chi connectivity index (χ0n) is 16.2. The lowest BCUT2D eigenvalue weighted by Crippen LogP contribution is -2.07.